The molecule has 0 radical (unpaired) electrons. The van der Waals surface area contributed by atoms with Crippen molar-refractivity contribution in [1.29, 1.82) is 0 Å². The molecular formula is C30H46O5. The molecule has 0 aromatic carbocycles. The van der Waals surface area contributed by atoms with Gasteiger partial charge in [-0.3, -0.25) is 9.59 Å². The van der Waals surface area contributed by atoms with Crippen LogP contribution in [-0.4, -0.2) is 38.8 Å². The number of ketones is 1. The Morgan fingerprint density at radius 2 is 1.63 bits per heavy atom. The molecule has 0 aromatic rings. The third-order valence-electron chi connectivity index (χ3n) is 13.2. The summed E-state index contributed by atoms with van der Waals surface area (Å²) in [5, 5.41) is 33.3. The molecule has 196 valence electrons. The first-order valence-electron chi connectivity index (χ1n) is 13.9. The second kappa shape index (κ2) is 7.22. The number of Topliss-reactive ketones (excluding diaryl/α,β-unsaturated/α-hetero) is 1. The Morgan fingerprint density at radius 3 is 2.26 bits per heavy atom. The molecule has 4 fully saturated rings. The van der Waals surface area contributed by atoms with Crippen molar-refractivity contribution in [2.45, 2.75) is 112 Å². The fourth-order valence-corrected chi connectivity index (χ4v) is 10.8. The molecule has 0 saturated heterocycles. The van der Waals surface area contributed by atoms with Gasteiger partial charge in [0.15, 0.2) is 5.78 Å². The Hall–Kier alpha value is -1.20. The van der Waals surface area contributed by atoms with Gasteiger partial charge in [0.2, 0.25) is 0 Å². The van der Waals surface area contributed by atoms with Gasteiger partial charge in [-0.2, -0.15) is 0 Å². The molecular weight excluding hydrogens is 440 g/mol. The van der Waals surface area contributed by atoms with E-state index in [1.807, 2.05) is 20.8 Å². The summed E-state index contributed by atoms with van der Waals surface area (Å²) in [6.45, 7) is 15.0. The van der Waals surface area contributed by atoms with Gasteiger partial charge in [-0.25, -0.2) is 0 Å². The maximum Gasteiger partial charge on any atom is 0.310 e. The Bertz CT molecular complexity index is 995. The molecule has 5 rings (SSSR count). The zero-order chi connectivity index (χ0) is 26.0. The number of aliphatic hydroxyl groups is 2. The molecule has 0 heterocycles. The van der Waals surface area contributed by atoms with Gasteiger partial charge >= 0.3 is 5.97 Å². The molecule has 4 saturated carbocycles. The number of aliphatic carboxylic acids is 1. The van der Waals surface area contributed by atoms with E-state index in [4.69, 9.17) is 0 Å². The van der Waals surface area contributed by atoms with E-state index in [1.165, 1.54) is 5.57 Å². The van der Waals surface area contributed by atoms with E-state index in [0.29, 0.717) is 25.2 Å². The monoisotopic (exact) mass is 486 g/mol. The van der Waals surface area contributed by atoms with Crippen LogP contribution in [0.5, 0.6) is 0 Å². The number of carbonyl (C=O) groups is 2. The minimum atomic E-state index is -1.07. The lowest BCUT2D eigenvalue weighted by Gasteiger charge is -2.71. The molecule has 0 amide bonds. The molecule has 5 aliphatic rings. The average molecular weight is 487 g/mol. The molecule has 35 heavy (non-hydrogen) atoms. The summed E-state index contributed by atoms with van der Waals surface area (Å²) < 4.78 is 0. The SMILES string of the molecule is C[C@@H]1CC[C@]2(C(=O)O)CC[C@]3(C)C(=CC[C@@H]4[C@@]5(C)C[C@@H](O)C(=O)C(C)(C)C5CC[C@]43C)C2[C@]1(C)O. The largest absolute Gasteiger partial charge is 0.481 e. The van der Waals surface area contributed by atoms with E-state index in [9.17, 15) is 24.9 Å². The van der Waals surface area contributed by atoms with E-state index < -0.39 is 28.5 Å². The molecule has 2 unspecified atom stereocenters. The van der Waals surface area contributed by atoms with Gasteiger partial charge in [-0.1, -0.05) is 53.2 Å². The molecule has 5 aliphatic carbocycles. The highest BCUT2D eigenvalue weighted by molar-refractivity contribution is 5.89. The number of hydrogen-bond acceptors (Lipinski definition) is 4. The molecule has 0 spiro atoms. The first kappa shape index (κ1) is 25.4. The summed E-state index contributed by atoms with van der Waals surface area (Å²) in [5.74, 6) is -0.584. The van der Waals surface area contributed by atoms with Crippen molar-refractivity contribution in [3.8, 4) is 0 Å². The van der Waals surface area contributed by atoms with Crippen LogP contribution in [0.15, 0.2) is 11.6 Å². The van der Waals surface area contributed by atoms with Gasteiger partial charge in [0, 0.05) is 11.3 Å². The highest BCUT2D eigenvalue weighted by Crippen LogP contribution is 2.75. The standard InChI is InChI=1S/C30H46O5/c1-17-10-13-30(24(33)34)15-14-27(5)18(22(30)29(17,7)35)8-9-21-26(4)16-19(31)23(32)25(2,3)20(26)11-12-28(21,27)6/h8,17,19-22,31,35H,9-16H2,1-7H3,(H,33,34)/t17-,19-,20?,21-,22?,26+,27-,28-,29-,30+/m1/s1. The zero-order valence-corrected chi connectivity index (χ0v) is 22.8. The minimum Gasteiger partial charge on any atom is -0.481 e. The summed E-state index contributed by atoms with van der Waals surface area (Å²) in [6.07, 6.45) is 7.42. The highest BCUT2D eigenvalue weighted by atomic mass is 16.4. The predicted molar refractivity (Wildman–Crippen MR) is 134 cm³/mol. The van der Waals surface area contributed by atoms with Crippen LogP contribution in [0.2, 0.25) is 0 Å². The summed E-state index contributed by atoms with van der Waals surface area (Å²) >= 11 is 0. The van der Waals surface area contributed by atoms with Crippen LogP contribution in [0.3, 0.4) is 0 Å². The van der Waals surface area contributed by atoms with E-state index >= 15 is 0 Å². The number of carboxylic acids is 1. The van der Waals surface area contributed by atoms with Crippen LogP contribution in [0.1, 0.15) is 99.8 Å². The van der Waals surface area contributed by atoms with Crippen molar-refractivity contribution in [2.75, 3.05) is 0 Å². The lowest BCUT2D eigenvalue weighted by atomic mass is 9.33. The van der Waals surface area contributed by atoms with E-state index in [1.54, 1.807) is 0 Å². The zero-order valence-electron chi connectivity index (χ0n) is 22.8. The average Bonchev–Trinajstić information content (AvgIpc) is 2.75. The van der Waals surface area contributed by atoms with E-state index in [0.717, 1.165) is 32.1 Å². The first-order valence-corrected chi connectivity index (χ1v) is 13.9. The van der Waals surface area contributed by atoms with Crippen LogP contribution in [0, 0.1) is 50.7 Å². The minimum absolute atomic E-state index is 0.0158. The van der Waals surface area contributed by atoms with Crippen LogP contribution >= 0.6 is 0 Å². The van der Waals surface area contributed by atoms with Crippen molar-refractivity contribution in [3.63, 3.8) is 0 Å². The van der Waals surface area contributed by atoms with Crippen molar-refractivity contribution in [3.05, 3.63) is 11.6 Å². The summed E-state index contributed by atoms with van der Waals surface area (Å²) in [7, 11) is 0. The van der Waals surface area contributed by atoms with Gasteiger partial charge in [0.25, 0.3) is 0 Å². The Balaban J connectivity index is 1.65. The lowest BCUT2D eigenvalue weighted by Crippen LogP contribution is -2.68. The number of aliphatic hydroxyl groups excluding tert-OH is 1. The smallest absolute Gasteiger partial charge is 0.310 e. The molecule has 0 bridgehead atoms. The Morgan fingerprint density at radius 1 is 0.971 bits per heavy atom. The number of rotatable bonds is 1. The highest BCUT2D eigenvalue weighted by Gasteiger charge is 2.71. The van der Waals surface area contributed by atoms with Crippen LogP contribution in [0.4, 0.5) is 0 Å². The van der Waals surface area contributed by atoms with E-state index in [-0.39, 0.29) is 39.8 Å². The summed E-state index contributed by atoms with van der Waals surface area (Å²) in [4.78, 5) is 25.8. The quantitative estimate of drug-likeness (QED) is 0.432. The van der Waals surface area contributed by atoms with Gasteiger partial charge in [-0.15, -0.1) is 0 Å². The second-order valence-corrected chi connectivity index (χ2v) is 14.7. The maximum absolute atomic E-state index is 13.0. The Labute approximate surface area is 210 Å². The number of allylic oxidation sites excluding steroid dienone is 1. The van der Waals surface area contributed by atoms with E-state index in [2.05, 4.69) is 33.8 Å². The van der Waals surface area contributed by atoms with Crippen molar-refractivity contribution < 1.29 is 24.9 Å². The van der Waals surface area contributed by atoms with Gasteiger partial charge in [-0.05, 0) is 92.3 Å². The van der Waals surface area contributed by atoms with Gasteiger partial charge in [0.05, 0.1) is 11.0 Å². The normalized spacial score (nSPS) is 55.1. The van der Waals surface area contributed by atoms with Crippen molar-refractivity contribution in [1.82, 2.24) is 0 Å². The maximum atomic E-state index is 13.0. The lowest BCUT2D eigenvalue weighted by molar-refractivity contribution is -0.213. The number of fused-ring (bicyclic) bond motifs is 7. The topological polar surface area (TPSA) is 94.8 Å². The first-order chi connectivity index (χ1) is 16.0. The third kappa shape index (κ3) is 2.83. The number of carbonyl (C=O) groups excluding carboxylic acids is 1. The molecule has 10 atom stereocenters. The molecule has 5 nitrogen and oxygen atoms in total. The Kier molecular flexibility index (Phi) is 5.25. The fourth-order valence-electron chi connectivity index (χ4n) is 10.8. The van der Waals surface area contributed by atoms with Crippen molar-refractivity contribution >= 4 is 11.8 Å². The summed E-state index contributed by atoms with van der Waals surface area (Å²) in [5.41, 5.74) is -1.81. The molecule has 5 heteroatoms. The molecule has 0 aliphatic heterocycles. The molecule has 3 N–H and O–H groups in total. The van der Waals surface area contributed by atoms with Crippen LogP contribution in [-0.2, 0) is 9.59 Å². The van der Waals surface area contributed by atoms with Crippen molar-refractivity contribution in [2.24, 2.45) is 50.7 Å². The van der Waals surface area contributed by atoms with Crippen LogP contribution < -0.4 is 0 Å². The second-order valence-electron chi connectivity index (χ2n) is 14.7. The van der Waals surface area contributed by atoms with Gasteiger partial charge < -0.3 is 15.3 Å². The third-order valence-corrected chi connectivity index (χ3v) is 13.2. The number of hydrogen-bond donors (Lipinski definition) is 3. The predicted octanol–water partition coefficient (Wildman–Crippen LogP) is 5.38. The van der Waals surface area contributed by atoms with Crippen LogP contribution in [0.25, 0.3) is 0 Å². The fraction of sp³-hybridized carbons (Fsp3) is 0.867. The summed E-state index contributed by atoms with van der Waals surface area (Å²) in [6, 6.07) is 0. The van der Waals surface area contributed by atoms with Gasteiger partial charge in [0.1, 0.15) is 6.10 Å². The number of carboxylic acid groups (broad SMARTS) is 1. The molecule has 0 aromatic heterocycles.